The number of halogens is 2. The molecular weight excluding hydrogens is 272 g/mol. The van der Waals surface area contributed by atoms with Crippen LogP contribution in [-0.2, 0) is 11.2 Å². The van der Waals surface area contributed by atoms with Crippen LogP contribution in [0.4, 0.5) is 8.78 Å². The first kappa shape index (κ1) is 15.9. The van der Waals surface area contributed by atoms with E-state index in [1.807, 2.05) is 0 Å². The zero-order chi connectivity index (χ0) is 14.1. The SMILES string of the molecule is O=C(Cc1cc(F)ccc1F)NCCSCCCO. The predicted octanol–water partition coefficient (Wildman–Crippen LogP) is 1.74. The number of hydrogen-bond donors (Lipinski definition) is 2. The van der Waals surface area contributed by atoms with Crippen molar-refractivity contribution in [1.29, 1.82) is 0 Å². The summed E-state index contributed by atoms with van der Waals surface area (Å²) in [7, 11) is 0. The highest BCUT2D eigenvalue weighted by Gasteiger charge is 2.08. The highest BCUT2D eigenvalue weighted by molar-refractivity contribution is 7.99. The molecule has 1 aromatic carbocycles. The van der Waals surface area contributed by atoms with E-state index >= 15 is 0 Å². The molecule has 0 atom stereocenters. The van der Waals surface area contributed by atoms with E-state index < -0.39 is 11.6 Å². The Balaban J connectivity index is 2.25. The smallest absolute Gasteiger partial charge is 0.224 e. The van der Waals surface area contributed by atoms with Crippen LogP contribution in [0.25, 0.3) is 0 Å². The molecule has 0 bridgehead atoms. The number of amides is 1. The molecule has 106 valence electrons. The summed E-state index contributed by atoms with van der Waals surface area (Å²) in [5.74, 6) is 0.118. The Morgan fingerprint density at radius 1 is 1.32 bits per heavy atom. The lowest BCUT2D eigenvalue weighted by Gasteiger charge is -2.06. The van der Waals surface area contributed by atoms with Gasteiger partial charge in [-0.2, -0.15) is 11.8 Å². The minimum atomic E-state index is -0.575. The van der Waals surface area contributed by atoms with Crippen LogP contribution in [0, 0.1) is 11.6 Å². The van der Waals surface area contributed by atoms with Gasteiger partial charge in [0.15, 0.2) is 0 Å². The van der Waals surface area contributed by atoms with Gasteiger partial charge in [-0.3, -0.25) is 4.79 Å². The number of aliphatic hydroxyl groups is 1. The second-order valence-electron chi connectivity index (χ2n) is 3.95. The molecule has 0 radical (unpaired) electrons. The summed E-state index contributed by atoms with van der Waals surface area (Å²) in [6.07, 6.45) is 0.567. The Hall–Kier alpha value is -1.14. The molecular formula is C13H17F2NO2S. The van der Waals surface area contributed by atoms with Crippen LogP contribution in [0.15, 0.2) is 18.2 Å². The average Bonchev–Trinajstić information content (AvgIpc) is 2.38. The van der Waals surface area contributed by atoms with Crippen LogP contribution >= 0.6 is 11.8 Å². The molecule has 0 unspecified atom stereocenters. The third kappa shape index (κ3) is 6.54. The minimum Gasteiger partial charge on any atom is -0.396 e. The maximum absolute atomic E-state index is 13.3. The van der Waals surface area contributed by atoms with E-state index in [-0.39, 0.29) is 24.5 Å². The van der Waals surface area contributed by atoms with Crippen molar-refractivity contribution in [2.75, 3.05) is 24.7 Å². The molecule has 3 nitrogen and oxygen atoms in total. The molecule has 0 fully saturated rings. The quantitative estimate of drug-likeness (QED) is 0.717. The number of nitrogens with one attached hydrogen (secondary N) is 1. The summed E-state index contributed by atoms with van der Waals surface area (Å²) in [6.45, 7) is 0.643. The maximum Gasteiger partial charge on any atom is 0.224 e. The Kier molecular flexibility index (Phi) is 7.43. The molecule has 1 amide bonds. The standard InChI is InChI=1S/C13H17F2NO2S/c14-11-2-3-12(15)10(8-11)9-13(18)16-4-7-19-6-1-5-17/h2-3,8,17H,1,4-7,9H2,(H,16,18). The highest BCUT2D eigenvalue weighted by atomic mass is 32.2. The number of carbonyl (C=O) groups is 1. The van der Waals surface area contributed by atoms with Crippen LogP contribution in [0.1, 0.15) is 12.0 Å². The van der Waals surface area contributed by atoms with Crippen molar-refractivity contribution in [2.45, 2.75) is 12.8 Å². The number of rotatable bonds is 8. The van der Waals surface area contributed by atoms with Gasteiger partial charge in [-0.25, -0.2) is 8.78 Å². The van der Waals surface area contributed by atoms with Crippen molar-refractivity contribution in [2.24, 2.45) is 0 Å². The molecule has 2 N–H and O–H groups in total. The molecule has 0 saturated carbocycles. The van der Waals surface area contributed by atoms with Crippen molar-refractivity contribution >= 4 is 17.7 Å². The minimum absolute atomic E-state index is 0.0606. The number of hydrogen-bond acceptors (Lipinski definition) is 3. The number of carbonyl (C=O) groups excluding carboxylic acids is 1. The van der Waals surface area contributed by atoms with Gasteiger partial charge < -0.3 is 10.4 Å². The van der Waals surface area contributed by atoms with Gasteiger partial charge in [0.2, 0.25) is 5.91 Å². The molecule has 0 spiro atoms. The van der Waals surface area contributed by atoms with Crippen molar-refractivity contribution in [3.8, 4) is 0 Å². The molecule has 0 aromatic heterocycles. The van der Waals surface area contributed by atoms with Crippen molar-refractivity contribution in [1.82, 2.24) is 5.32 Å². The second-order valence-corrected chi connectivity index (χ2v) is 5.18. The third-order valence-electron chi connectivity index (χ3n) is 2.37. The van der Waals surface area contributed by atoms with Crippen molar-refractivity contribution in [3.63, 3.8) is 0 Å². The topological polar surface area (TPSA) is 49.3 Å². The fraction of sp³-hybridized carbons (Fsp3) is 0.462. The van der Waals surface area contributed by atoms with E-state index in [9.17, 15) is 13.6 Å². The summed E-state index contributed by atoms with van der Waals surface area (Å²) in [5, 5.41) is 11.2. The molecule has 0 aliphatic heterocycles. The zero-order valence-corrected chi connectivity index (χ0v) is 11.3. The molecule has 1 rings (SSSR count). The normalized spacial score (nSPS) is 10.5. The average molecular weight is 289 g/mol. The van der Waals surface area contributed by atoms with Gasteiger partial charge in [0.25, 0.3) is 0 Å². The predicted molar refractivity (Wildman–Crippen MR) is 72.1 cm³/mol. The monoisotopic (exact) mass is 289 g/mol. The Labute approximate surface area is 115 Å². The van der Waals surface area contributed by atoms with Crippen LogP contribution in [-0.4, -0.2) is 35.7 Å². The van der Waals surface area contributed by atoms with Crippen LogP contribution in [0.5, 0.6) is 0 Å². The maximum atomic E-state index is 13.3. The molecule has 0 aliphatic rings. The van der Waals surface area contributed by atoms with Gasteiger partial charge in [-0.05, 0) is 30.4 Å². The summed E-state index contributed by atoms with van der Waals surface area (Å²) in [5.41, 5.74) is 0.0606. The number of aliphatic hydroxyl groups excluding tert-OH is 1. The summed E-state index contributed by atoms with van der Waals surface area (Å²) in [6, 6.07) is 3.07. The van der Waals surface area contributed by atoms with Crippen LogP contribution < -0.4 is 5.32 Å². The Morgan fingerprint density at radius 2 is 2.11 bits per heavy atom. The summed E-state index contributed by atoms with van der Waals surface area (Å²) >= 11 is 1.62. The lowest BCUT2D eigenvalue weighted by atomic mass is 10.1. The van der Waals surface area contributed by atoms with Gasteiger partial charge in [-0.15, -0.1) is 0 Å². The molecule has 19 heavy (non-hydrogen) atoms. The molecule has 0 saturated heterocycles. The molecule has 0 heterocycles. The largest absolute Gasteiger partial charge is 0.396 e. The van der Waals surface area contributed by atoms with E-state index in [1.54, 1.807) is 11.8 Å². The van der Waals surface area contributed by atoms with Crippen LogP contribution in [0.2, 0.25) is 0 Å². The van der Waals surface area contributed by atoms with Gasteiger partial charge in [0.05, 0.1) is 6.42 Å². The van der Waals surface area contributed by atoms with Gasteiger partial charge in [0.1, 0.15) is 11.6 Å². The van der Waals surface area contributed by atoms with E-state index in [0.29, 0.717) is 6.54 Å². The van der Waals surface area contributed by atoms with Crippen molar-refractivity contribution in [3.05, 3.63) is 35.4 Å². The van der Waals surface area contributed by atoms with E-state index in [2.05, 4.69) is 5.32 Å². The lowest BCUT2D eigenvalue weighted by molar-refractivity contribution is -0.120. The molecule has 0 aliphatic carbocycles. The van der Waals surface area contributed by atoms with E-state index in [1.165, 1.54) is 0 Å². The summed E-state index contributed by atoms with van der Waals surface area (Å²) < 4.78 is 26.2. The Bertz CT molecular complexity index is 416. The third-order valence-corrected chi connectivity index (χ3v) is 3.44. The highest BCUT2D eigenvalue weighted by Crippen LogP contribution is 2.10. The molecule has 1 aromatic rings. The van der Waals surface area contributed by atoms with E-state index in [0.717, 1.165) is 36.1 Å². The van der Waals surface area contributed by atoms with E-state index in [4.69, 9.17) is 5.11 Å². The number of thioether (sulfide) groups is 1. The van der Waals surface area contributed by atoms with Gasteiger partial charge in [0, 0.05) is 24.5 Å². The fourth-order valence-corrected chi connectivity index (χ4v) is 2.23. The Morgan fingerprint density at radius 3 is 2.84 bits per heavy atom. The first-order valence-electron chi connectivity index (χ1n) is 6.02. The zero-order valence-electron chi connectivity index (χ0n) is 10.5. The molecule has 6 heteroatoms. The lowest BCUT2D eigenvalue weighted by Crippen LogP contribution is -2.27. The number of benzene rings is 1. The first-order valence-corrected chi connectivity index (χ1v) is 7.18. The summed E-state index contributed by atoms with van der Waals surface area (Å²) in [4.78, 5) is 11.5. The van der Waals surface area contributed by atoms with Crippen molar-refractivity contribution < 1.29 is 18.7 Å². The van der Waals surface area contributed by atoms with Crippen LogP contribution in [0.3, 0.4) is 0 Å². The second kappa shape index (κ2) is 8.87. The fourth-order valence-electron chi connectivity index (χ4n) is 1.45. The van der Waals surface area contributed by atoms with Gasteiger partial charge >= 0.3 is 0 Å². The first-order chi connectivity index (χ1) is 9.13. The van der Waals surface area contributed by atoms with Gasteiger partial charge in [-0.1, -0.05) is 0 Å².